The first-order chi connectivity index (χ1) is 8.79. The molecule has 4 nitrogen and oxygen atoms in total. The van der Waals surface area contributed by atoms with Gasteiger partial charge in [0.15, 0.2) is 0 Å². The number of rotatable bonds is 1. The lowest BCUT2D eigenvalue weighted by molar-refractivity contribution is -0.137. The lowest BCUT2D eigenvalue weighted by Crippen LogP contribution is -2.30. The molecule has 0 aliphatic heterocycles. The molecule has 0 aliphatic carbocycles. The molecule has 19 heavy (non-hydrogen) atoms. The number of alkyl halides is 3. The van der Waals surface area contributed by atoms with Crippen LogP contribution < -0.4 is 11.2 Å². The Morgan fingerprint density at radius 1 is 1.16 bits per heavy atom. The molecule has 0 fully saturated rings. The van der Waals surface area contributed by atoms with Crippen LogP contribution in [0.2, 0.25) is 0 Å². The molecule has 0 atom stereocenters. The van der Waals surface area contributed by atoms with Crippen molar-refractivity contribution in [3.63, 3.8) is 0 Å². The molecule has 0 bridgehead atoms. The molecule has 100 valence electrons. The Labute approximate surface area is 105 Å². The number of hydrogen-bond donors (Lipinski definition) is 1. The van der Waals surface area contributed by atoms with Gasteiger partial charge in [0.05, 0.1) is 11.3 Å². The number of aromatic nitrogens is 2. The zero-order valence-corrected chi connectivity index (χ0v) is 9.78. The van der Waals surface area contributed by atoms with E-state index < -0.39 is 23.0 Å². The Morgan fingerprint density at radius 3 is 2.42 bits per heavy atom. The normalized spacial score (nSPS) is 11.6. The molecule has 1 aromatic heterocycles. The van der Waals surface area contributed by atoms with Gasteiger partial charge in [-0.15, -0.1) is 0 Å². The van der Waals surface area contributed by atoms with Crippen molar-refractivity contribution in [3.05, 3.63) is 62.4 Å². The summed E-state index contributed by atoms with van der Waals surface area (Å²) >= 11 is 0. The van der Waals surface area contributed by atoms with Crippen molar-refractivity contribution in [2.45, 2.75) is 13.1 Å². The van der Waals surface area contributed by atoms with Crippen molar-refractivity contribution >= 4 is 0 Å². The standard InChI is InChI=1S/C12H9F3N2O2/c1-7-5-10(18)16-11(19)17(7)9-4-2-3-8(6-9)12(13,14)15/h2-6H,1H3,(H,16,18,19). The van der Waals surface area contributed by atoms with Gasteiger partial charge in [-0.25, -0.2) is 4.79 Å². The minimum Gasteiger partial charge on any atom is -0.274 e. The van der Waals surface area contributed by atoms with Crippen molar-refractivity contribution in [2.75, 3.05) is 0 Å². The largest absolute Gasteiger partial charge is 0.416 e. The van der Waals surface area contributed by atoms with Gasteiger partial charge in [0.1, 0.15) is 0 Å². The predicted octanol–water partition coefficient (Wildman–Crippen LogP) is 1.85. The smallest absolute Gasteiger partial charge is 0.274 e. The molecular formula is C12H9F3N2O2. The second kappa shape index (κ2) is 4.42. The van der Waals surface area contributed by atoms with Gasteiger partial charge in [0.25, 0.3) is 5.56 Å². The van der Waals surface area contributed by atoms with Crippen molar-refractivity contribution in [2.24, 2.45) is 0 Å². The highest BCUT2D eigenvalue weighted by atomic mass is 19.4. The molecule has 0 saturated carbocycles. The molecule has 2 aromatic rings. The molecule has 0 saturated heterocycles. The van der Waals surface area contributed by atoms with Crippen LogP contribution in [0.25, 0.3) is 5.69 Å². The lowest BCUT2D eigenvalue weighted by Gasteiger charge is -2.11. The summed E-state index contributed by atoms with van der Waals surface area (Å²) in [6, 6.07) is 5.47. The Balaban J connectivity index is 2.67. The van der Waals surface area contributed by atoms with E-state index in [4.69, 9.17) is 0 Å². The van der Waals surface area contributed by atoms with Gasteiger partial charge in [0.2, 0.25) is 0 Å². The number of aryl methyl sites for hydroxylation is 1. The van der Waals surface area contributed by atoms with E-state index in [1.165, 1.54) is 19.1 Å². The summed E-state index contributed by atoms with van der Waals surface area (Å²) in [5.74, 6) is 0. The van der Waals surface area contributed by atoms with Crippen molar-refractivity contribution in [1.82, 2.24) is 9.55 Å². The third kappa shape index (κ3) is 2.59. The van der Waals surface area contributed by atoms with Gasteiger partial charge in [-0.3, -0.25) is 14.3 Å². The molecule has 0 aliphatic rings. The summed E-state index contributed by atoms with van der Waals surface area (Å²) in [5.41, 5.74) is -1.92. The number of nitrogens with zero attached hydrogens (tertiary/aromatic N) is 1. The van der Waals surface area contributed by atoms with Crippen molar-refractivity contribution in [3.8, 4) is 5.69 Å². The first-order valence-corrected chi connectivity index (χ1v) is 5.29. The van der Waals surface area contributed by atoms with Crippen LogP contribution in [0.1, 0.15) is 11.3 Å². The molecule has 7 heteroatoms. The highest BCUT2D eigenvalue weighted by molar-refractivity contribution is 5.38. The van der Waals surface area contributed by atoms with Gasteiger partial charge >= 0.3 is 11.9 Å². The molecule has 0 unspecified atom stereocenters. The lowest BCUT2D eigenvalue weighted by atomic mass is 10.2. The molecular weight excluding hydrogens is 261 g/mol. The summed E-state index contributed by atoms with van der Waals surface area (Å²) in [4.78, 5) is 24.7. The zero-order valence-electron chi connectivity index (χ0n) is 9.78. The number of benzene rings is 1. The maximum atomic E-state index is 12.6. The predicted molar refractivity (Wildman–Crippen MR) is 62.4 cm³/mol. The van der Waals surface area contributed by atoms with Crippen LogP contribution in [0.4, 0.5) is 13.2 Å². The Hall–Kier alpha value is -2.31. The molecule has 0 spiro atoms. The summed E-state index contributed by atoms with van der Waals surface area (Å²) in [5, 5.41) is 0. The third-order valence-corrected chi connectivity index (χ3v) is 2.56. The number of nitrogens with one attached hydrogen (secondary N) is 1. The topological polar surface area (TPSA) is 54.9 Å². The van der Waals surface area contributed by atoms with Crippen molar-refractivity contribution < 1.29 is 13.2 Å². The van der Waals surface area contributed by atoms with Crippen LogP contribution in [0, 0.1) is 6.92 Å². The van der Waals surface area contributed by atoms with Crippen LogP contribution >= 0.6 is 0 Å². The van der Waals surface area contributed by atoms with Gasteiger partial charge in [-0.2, -0.15) is 13.2 Å². The highest BCUT2D eigenvalue weighted by Gasteiger charge is 2.30. The Kier molecular flexibility index (Phi) is 3.05. The summed E-state index contributed by atoms with van der Waals surface area (Å²) < 4.78 is 38.8. The van der Waals surface area contributed by atoms with Crippen LogP contribution in [0.15, 0.2) is 39.9 Å². The van der Waals surface area contributed by atoms with Crippen molar-refractivity contribution in [1.29, 1.82) is 0 Å². The molecule has 1 aromatic carbocycles. The molecule has 0 amide bonds. The van der Waals surface area contributed by atoms with Crippen LogP contribution in [0.5, 0.6) is 0 Å². The number of hydrogen-bond acceptors (Lipinski definition) is 2. The fraction of sp³-hybridized carbons (Fsp3) is 0.167. The van der Waals surface area contributed by atoms with E-state index in [0.29, 0.717) is 0 Å². The van der Waals surface area contributed by atoms with Gasteiger partial charge in [-0.1, -0.05) is 6.07 Å². The van der Waals surface area contributed by atoms with Gasteiger partial charge in [-0.05, 0) is 25.1 Å². The minimum absolute atomic E-state index is 0.0496. The molecule has 0 radical (unpaired) electrons. The number of halogens is 3. The van der Waals surface area contributed by atoms with E-state index >= 15 is 0 Å². The van der Waals surface area contributed by atoms with Gasteiger partial charge in [0, 0.05) is 11.8 Å². The maximum absolute atomic E-state index is 12.6. The first kappa shape index (κ1) is 13.1. The van der Waals surface area contributed by atoms with E-state index in [1.807, 2.05) is 4.98 Å². The second-order valence-electron chi connectivity index (χ2n) is 3.96. The highest BCUT2D eigenvalue weighted by Crippen LogP contribution is 2.30. The van der Waals surface area contributed by atoms with E-state index in [9.17, 15) is 22.8 Å². The number of aromatic amines is 1. The van der Waals surface area contributed by atoms with E-state index in [0.717, 1.165) is 22.8 Å². The van der Waals surface area contributed by atoms with Gasteiger partial charge < -0.3 is 0 Å². The molecule has 2 rings (SSSR count). The summed E-state index contributed by atoms with van der Waals surface area (Å²) in [6.07, 6.45) is -4.49. The van der Waals surface area contributed by atoms with Crippen LogP contribution in [-0.4, -0.2) is 9.55 Å². The Morgan fingerprint density at radius 2 is 1.84 bits per heavy atom. The average Bonchev–Trinajstić information content (AvgIpc) is 2.26. The Bertz CT molecular complexity index is 729. The van der Waals surface area contributed by atoms with E-state index in [-0.39, 0.29) is 11.4 Å². The minimum atomic E-state index is -4.49. The quantitative estimate of drug-likeness (QED) is 0.859. The summed E-state index contributed by atoms with van der Waals surface area (Å²) in [7, 11) is 0. The fourth-order valence-corrected chi connectivity index (χ4v) is 1.75. The first-order valence-electron chi connectivity index (χ1n) is 5.29. The third-order valence-electron chi connectivity index (χ3n) is 2.56. The maximum Gasteiger partial charge on any atom is 0.416 e. The van der Waals surface area contributed by atoms with E-state index in [1.54, 1.807) is 0 Å². The fourth-order valence-electron chi connectivity index (χ4n) is 1.75. The monoisotopic (exact) mass is 270 g/mol. The molecule has 1 N–H and O–H groups in total. The van der Waals surface area contributed by atoms with E-state index in [2.05, 4.69) is 0 Å². The number of H-pyrrole nitrogens is 1. The SMILES string of the molecule is Cc1cc(=O)[nH]c(=O)n1-c1cccc(C(F)(F)F)c1. The second-order valence-corrected chi connectivity index (χ2v) is 3.96. The average molecular weight is 270 g/mol. The van der Waals surface area contributed by atoms with Crippen LogP contribution in [-0.2, 0) is 6.18 Å². The molecule has 1 heterocycles. The summed E-state index contributed by atoms with van der Waals surface area (Å²) in [6.45, 7) is 1.47. The van der Waals surface area contributed by atoms with Crippen LogP contribution in [0.3, 0.4) is 0 Å². The zero-order chi connectivity index (χ0) is 14.2.